The van der Waals surface area contributed by atoms with E-state index in [1.54, 1.807) is 25.6 Å². The first kappa shape index (κ1) is 15.2. The summed E-state index contributed by atoms with van der Waals surface area (Å²) in [5.74, 6) is -0.983. The number of nitrogens with one attached hydrogen (secondary N) is 1. The Morgan fingerprint density at radius 2 is 2.00 bits per heavy atom. The first-order valence-electron chi connectivity index (χ1n) is 5.17. The molecule has 0 aromatic heterocycles. The molecule has 94 valence electrons. The van der Waals surface area contributed by atoms with Gasteiger partial charge in [-0.25, -0.2) is 4.79 Å². The molecule has 2 unspecified atom stereocenters. The lowest BCUT2D eigenvalue weighted by atomic mass is 10.0. The summed E-state index contributed by atoms with van der Waals surface area (Å²) in [5, 5.41) is 11.4. The number of hydrogen-bond acceptors (Lipinski definition) is 4. The molecule has 6 heteroatoms. The van der Waals surface area contributed by atoms with Gasteiger partial charge in [0.1, 0.15) is 6.04 Å². The van der Waals surface area contributed by atoms with Crippen LogP contribution < -0.4 is 11.1 Å². The molecule has 0 radical (unpaired) electrons. The molecule has 0 spiro atoms. The van der Waals surface area contributed by atoms with E-state index < -0.39 is 12.0 Å². The van der Waals surface area contributed by atoms with Crippen LogP contribution in [-0.2, 0) is 9.59 Å². The van der Waals surface area contributed by atoms with Crippen LogP contribution in [0.1, 0.15) is 20.3 Å². The number of carbonyl (C=O) groups excluding carboxylic acids is 1. The predicted molar refractivity (Wildman–Crippen MR) is 65.4 cm³/mol. The molecule has 4 N–H and O–H groups in total. The molecule has 0 saturated heterocycles. The number of carboxylic acid groups (broad SMARTS) is 1. The Morgan fingerprint density at radius 1 is 1.44 bits per heavy atom. The van der Waals surface area contributed by atoms with Gasteiger partial charge in [0, 0.05) is 12.0 Å². The van der Waals surface area contributed by atoms with E-state index >= 15 is 0 Å². The third-order valence-corrected chi connectivity index (χ3v) is 3.07. The molecule has 0 aromatic carbocycles. The van der Waals surface area contributed by atoms with Gasteiger partial charge >= 0.3 is 5.97 Å². The standard InChI is InChI=1S/C10H20N2O3S/c1-6(7(2)11)9(13)12-8(10(14)15)4-5-16-3/h6-8H,4-5,11H2,1-3H3,(H,12,13)(H,14,15)/t6?,7?,8-/m0/s1. The normalized spacial score (nSPS) is 16.2. The van der Waals surface area contributed by atoms with Gasteiger partial charge in [-0.05, 0) is 25.4 Å². The second kappa shape index (κ2) is 7.51. The van der Waals surface area contributed by atoms with Crippen molar-refractivity contribution in [3.05, 3.63) is 0 Å². The Bertz CT molecular complexity index is 246. The van der Waals surface area contributed by atoms with E-state index in [-0.39, 0.29) is 17.9 Å². The molecule has 0 aliphatic heterocycles. The van der Waals surface area contributed by atoms with Crippen LogP contribution in [0.25, 0.3) is 0 Å². The number of carbonyl (C=O) groups is 2. The number of rotatable bonds is 7. The van der Waals surface area contributed by atoms with Crippen molar-refractivity contribution in [2.24, 2.45) is 11.7 Å². The molecule has 16 heavy (non-hydrogen) atoms. The lowest BCUT2D eigenvalue weighted by molar-refractivity contribution is -0.142. The molecule has 1 amide bonds. The van der Waals surface area contributed by atoms with Gasteiger partial charge in [-0.3, -0.25) is 4.79 Å². The maximum Gasteiger partial charge on any atom is 0.326 e. The smallest absolute Gasteiger partial charge is 0.326 e. The van der Waals surface area contributed by atoms with Crippen LogP contribution in [0.5, 0.6) is 0 Å². The van der Waals surface area contributed by atoms with E-state index in [2.05, 4.69) is 5.32 Å². The Hall–Kier alpha value is -0.750. The van der Waals surface area contributed by atoms with E-state index in [0.29, 0.717) is 12.2 Å². The fourth-order valence-corrected chi connectivity index (χ4v) is 1.51. The number of thioether (sulfide) groups is 1. The molecule has 0 aliphatic rings. The fraction of sp³-hybridized carbons (Fsp3) is 0.800. The topological polar surface area (TPSA) is 92.4 Å². The summed E-state index contributed by atoms with van der Waals surface area (Å²) in [6, 6.07) is -1.10. The third-order valence-electron chi connectivity index (χ3n) is 2.43. The zero-order valence-corrected chi connectivity index (χ0v) is 10.7. The number of amides is 1. The van der Waals surface area contributed by atoms with Crippen LogP contribution >= 0.6 is 11.8 Å². The van der Waals surface area contributed by atoms with Crippen molar-refractivity contribution < 1.29 is 14.7 Å². The van der Waals surface area contributed by atoms with Crippen LogP contribution in [-0.4, -0.2) is 41.1 Å². The summed E-state index contributed by atoms with van der Waals surface area (Å²) >= 11 is 1.55. The van der Waals surface area contributed by atoms with Crippen LogP contribution in [0.15, 0.2) is 0 Å². The van der Waals surface area contributed by atoms with E-state index in [9.17, 15) is 9.59 Å². The summed E-state index contributed by atoms with van der Waals surface area (Å²) in [6.07, 6.45) is 2.32. The average Bonchev–Trinajstić information content (AvgIpc) is 2.21. The number of aliphatic carboxylic acids is 1. The lowest BCUT2D eigenvalue weighted by Gasteiger charge is -2.19. The van der Waals surface area contributed by atoms with E-state index in [1.165, 1.54) is 0 Å². The summed E-state index contributed by atoms with van der Waals surface area (Å²) in [6.45, 7) is 3.41. The zero-order chi connectivity index (χ0) is 12.7. The van der Waals surface area contributed by atoms with Gasteiger partial charge in [0.05, 0.1) is 0 Å². The molecule has 0 aliphatic carbocycles. The molecule has 0 fully saturated rings. The lowest BCUT2D eigenvalue weighted by Crippen LogP contribution is -2.46. The van der Waals surface area contributed by atoms with E-state index in [4.69, 9.17) is 10.8 Å². The Morgan fingerprint density at radius 3 is 2.38 bits per heavy atom. The predicted octanol–water partition coefficient (Wildman–Crippen LogP) is 0.292. The van der Waals surface area contributed by atoms with Gasteiger partial charge in [-0.1, -0.05) is 6.92 Å². The van der Waals surface area contributed by atoms with Gasteiger partial charge in [0.25, 0.3) is 0 Å². The van der Waals surface area contributed by atoms with Gasteiger partial charge in [0.2, 0.25) is 5.91 Å². The monoisotopic (exact) mass is 248 g/mol. The van der Waals surface area contributed by atoms with Crippen LogP contribution in [0.3, 0.4) is 0 Å². The molecule has 0 saturated carbocycles. The largest absolute Gasteiger partial charge is 0.480 e. The highest BCUT2D eigenvalue weighted by molar-refractivity contribution is 7.98. The molecule has 0 bridgehead atoms. The average molecular weight is 248 g/mol. The van der Waals surface area contributed by atoms with Gasteiger partial charge in [0.15, 0.2) is 0 Å². The third kappa shape index (κ3) is 5.37. The Kier molecular flexibility index (Phi) is 7.16. The van der Waals surface area contributed by atoms with E-state index in [0.717, 1.165) is 0 Å². The van der Waals surface area contributed by atoms with Crippen molar-refractivity contribution >= 4 is 23.6 Å². The van der Waals surface area contributed by atoms with Crippen LogP contribution in [0, 0.1) is 5.92 Å². The molecule has 0 aromatic rings. The molecular weight excluding hydrogens is 228 g/mol. The van der Waals surface area contributed by atoms with E-state index in [1.807, 2.05) is 6.26 Å². The highest BCUT2D eigenvalue weighted by atomic mass is 32.2. The SMILES string of the molecule is CSCC[C@H](NC(=O)C(C)C(C)N)C(=O)O. The summed E-state index contributed by atoms with van der Waals surface area (Å²) in [5.41, 5.74) is 5.58. The molecule has 5 nitrogen and oxygen atoms in total. The maximum absolute atomic E-state index is 11.6. The first-order chi connectivity index (χ1) is 7.40. The number of carboxylic acids is 1. The van der Waals surface area contributed by atoms with Crippen molar-refractivity contribution in [1.29, 1.82) is 0 Å². The van der Waals surface area contributed by atoms with Crippen molar-refractivity contribution in [3.8, 4) is 0 Å². The van der Waals surface area contributed by atoms with Crippen molar-refractivity contribution in [1.82, 2.24) is 5.32 Å². The Balaban J connectivity index is 4.28. The molecular formula is C10H20N2O3S. The van der Waals surface area contributed by atoms with Crippen molar-refractivity contribution in [3.63, 3.8) is 0 Å². The number of hydrogen-bond donors (Lipinski definition) is 3. The second-order valence-electron chi connectivity index (χ2n) is 3.83. The Labute approximate surface area is 100 Å². The van der Waals surface area contributed by atoms with Gasteiger partial charge in [-0.2, -0.15) is 11.8 Å². The molecule has 0 rings (SSSR count). The zero-order valence-electron chi connectivity index (χ0n) is 9.90. The highest BCUT2D eigenvalue weighted by Crippen LogP contribution is 2.04. The van der Waals surface area contributed by atoms with Gasteiger partial charge in [-0.15, -0.1) is 0 Å². The van der Waals surface area contributed by atoms with Crippen molar-refractivity contribution in [2.45, 2.75) is 32.4 Å². The van der Waals surface area contributed by atoms with Crippen LogP contribution in [0.2, 0.25) is 0 Å². The first-order valence-corrected chi connectivity index (χ1v) is 6.57. The molecule has 0 heterocycles. The quantitative estimate of drug-likeness (QED) is 0.602. The van der Waals surface area contributed by atoms with Gasteiger partial charge < -0.3 is 16.2 Å². The van der Waals surface area contributed by atoms with Crippen molar-refractivity contribution in [2.75, 3.05) is 12.0 Å². The van der Waals surface area contributed by atoms with Crippen LogP contribution in [0.4, 0.5) is 0 Å². The maximum atomic E-state index is 11.6. The summed E-state index contributed by atoms with van der Waals surface area (Å²) in [4.78, 5) is 22.5. The number of nitrogens with two attached hydrogens (primary N) is 1. The minimum absolute atomic E-state index is 0.282. The minimum Gasteiger partial charge on any atom is -0.480 e. The molecule has 3 atom stereocenters. The fourth-order valence-electron chi connectivity index (χ4n) is 1.04. The second-order valence-corrected chi connectivity index (χ2v) is 4.81. The summed E-state index contributed by atoms with van der Waals surface area (Å²) in [7, 11) is 0. The highest BCUT2D eigenvalue weighted by Gasteiger charge is 2.24. The minimum atomic E-state index is -1.00. The summed E-state index contributed by atoms with van der Waals surface area (Å²) < 4.78 is 0.